The molecule has 120 valence electrons. The molecule has 1 N–H and O–H groups in total. The Morgan fingerprint density at radius 1 is 1.38 bits per heavy atom. The van der Waals surface area contributed by atoms with Gasteiger partial charge in [0.2, 0.25) is 10.0 Å². The van der Waals surface area contributed by atoms with Crippen LogP contribution in [0, 0.1) is 6.92 Å². The van der Waals surface area contributed by atoms with Crippen LogP contribution in [0.25, 0.3) is 0 Å². The van der Waals surface area contributed by atoms with Gasteiger partial charge in [-0.25, -0.2) is 12.7 Å². The van der Waals surface area contributed by atoms with Crippen molar-refractivity contribution in [3.05, 3.63) is 28.3 Å². The summed E-state index contributed by atoms with van der Waals surface area (Å²) < 4.78 is 31.6. The van der Waals surface area contributed by atoms with Crippen LogP contribution in [-0.2, 0) is 21.3 Å². The van der Waals surface area contributed by atoms with Gasteiger partial charge in [-0.3, -0.25) is 0 Å². The highest BCUT2D eigenvalue weighted by atomic mass is 35.5. The summed E-state index contributed by atoms with van der Waals surface area (Å²) in [6.07, 6.45) is 0.648. The van der Waals surface area contributed by atoms with Crippen molar-refractivity contribution in [3.8, 4) is 0 Å². The molecule has 0 aromatic heterocycles. The number of hydrogen-bond donors (Lipinski definition) is 1. The van der Waals surface area contributed by atoms with Crippen molar-refractivity contribution in [2.24, 2.45) is 0 Å². The van der Waals surface area contributed by atoms with Crippen LogP contribution >= 0.6 is 11.6 Å². The van der Waals surface area contributed by atoms with Gasteiger partial charge in [0.15, 0.2) is 0 Å². The van der Waals surface area contributed by atoms with E-state index in [9.17, 15) is 8.42 Å². The second kappa shape index (κ2) is 8.10. The van der Waals surface area contributed by atoms with E-state index in [1.807, 2.05) is 7.05 Å². The number of halogens is 1. The minimum absolute atomic E-state index is 0.264. The Hall–Kier alpha value is -0.660. The molecule has 0 aliphatic rings. The van der Waals surface area contributed by atoms with Crippen LogP contribution in [0.4, 0.5) is 0 Å². The molecule has 0 aliphatic heterocycles. The SMILES string of the molecule is CNCc1cc(Cl)cc(S(=O)(=O)N(C)CCCOC)c1C. The van der Waals surface area contributed by atoms with E-state index < -0.39 is 10.0 Å². The first kappa shape index (κ1) is 18.4. The largest absolute Gasteiger partial charge is 0.385 e. The molecule has 0 atom stereocenters. The lowest BCUT2D eigenvalue weighted by molar-refractivity contribution is 0.189. The van der Waals surface area contributed by atoms with Crippen LogP contribution < -0.4 is 5.32 Å². The monoisotopic (exact) mass is 334 g/mol. The Morgan fingerprint density at radius 3 is 2.62 bits per heavy atom. The van der Waals surface area contributed by atoms with E-state index in [0.29, 0.717) is 31.1 Å². The highest BCUT2D eigenvalue weighted by Crippen LogP contribution is 2.26. The summed E-state index contributed by atoms with van der Waals surface area (Å²) in [4.78, 5) is 0.264. The third-order valence-electron chi connectivity index (χ3n) is 3.31. The van der Waals surface area contributed by atoms with Gasteiger partial charge in [0, 0.05) is 38.9 Å². The lowest BCUT2D eigenvalue weighted by Gasteiger charge is -2.20. The quantitative estimate of drug-likeness (QED) is 0.739. The molecule has 0 fully saturated rings. The minimum Gasteiger partial charge on any atom is -0.385 e. The molecule has 0 heterocycles. The molecule has 0 radical (unpaired) electrons. The summed E-state index contributed by atoms with van der Waals surface area (Å²) in [7, 11) is 1.43. The smallest absolute Gasteiger partial charge is 0.243 e. The van der Waals surface area contributed by atoms with Crippen molar-refractivity contribution in [2.45, 2.75) is 24.8 Å². The average Bonchev–Trinajstić information content (AvgIpc) is 2.42. The second-order valence-electron chi connectivity index (χ2n) is 4.89. The van der Waals surface area contributed by atoms with Gasteiger partial charge in [-0.15, -0.1) is 0 Å². The first-order valence-electron chi connectivity index (χ1n) is 6.73. The number of nitrogens with one attached hydrogen (secondary N) is 1. The number of methoxy groups -OCH3 is 1. The Morgan fingerprint density at radius 2 is 2.05 bits per heavy atom. The molecule has 0 spiro atoms. The summed E-state index contributed by atoms with van der Waals surface area (Å²) in [6, 6.07) is 3.30. The van der Waals surface area contributed by atoms with Crippen LogP contribution in [-0.4, -0.2) is 47.1 Å². The fraction of sp³-hybridized carbons (Fsp3) is 0.571. The molecular formula is C14H23ClN2O3S. The fourth-order valence-electron chi connectivity index (χ4n) is 2.07. The van der Waals surface area contributed by atoms with E-state index in [1.54, 1.807) is 27.1 Å². The molecule has 0 aliphatic carbocycles. The molecular weight excluding hydrogens is 312 g/mol. The van der Waals surface area contributed by atoms with Gasteiger partial charge in [0.25, 0.3) is 0 Å². The standard InChI is InChI=1S/C14H23ClN2O3S/c1-11-12(10-16-2)8-13(15)9-14(11)21(18,19)17(3)6-5-7-20-4/h8-9,16H,5-7,10H2,1-4H3. The topological polar surface area (TPSA) is 58.6 Å². The van der Waals surface area contributed by atoms with Gasteiger partial charge >= 0.3 is 0 Å². The molecule has 7 heteroatoms. The van der Waals surface area contributed by atoms with Gasteiger partial charge in [-0.05, 0) is 43.7 Å². The van der Waals surface area contributed by atoms with Crippen LogP contribution in [0.5, 0.6) is 0 Å². The molecule has 0 saturated carbocycles. The first-order chi connectivity index (χ1) is 9.84. The van der Waals surface area contributed by atoms with Crippen LogP contribution in [0.3, 0.4) is 0 Å². The Labute approximate surface area is 132 Å². The minimum atomic E-state index is -3.55. The van der Waals surface area contributed by atoms with Gasteiger partial charge in [-0.1, -0.05) is 11.6 Å². The summed E-state index contributed by atoms with van der Waals surface area (Å²) in [5.74, 6) is 0. The third-order valence-corrected chi connectivity index (χ3v) is 5.51. The number of ether oxygens (including phenoxy) is 1. The summed E-state index contributed by atoms with van der Waals surface area (Å²) in [5.41, 5.74) is 1.61. The molecule has 21 heavy (non-hydrogen) atoms. The lowest BCUT2D eigenvalue weighted by Crippen LogP contribution is -2.29. The first-order valence-corrected chi connectivity index (χ1v) is 8.55. The Bertz CT molecular complexity index is 576. The van der Waals surface area contributed by atoms with Gasteiger partial charge in [0.05, 0.1) is 4.90 Å². The number of benzene rings is 1. The zero-order valence-corrected chi connectivity index (χ0v) is 14.5. The predicted octanol–water partition coefficient (Wildman–Crippen LogP) is 2.02. The van der Waals surface area contributed by atoms with Crippen LogP contribution in [0.1, 0.15) is 17.5 Å². The molecule has 5 nitrogen and oxygen atoms in total. The predicted molar refractivity (Wildman–Crippen MR) is 85.3 cm³/mol. The number of nitrogens with zero attached hydrogens (tertiary/aromatic N) is 1. The fourth-order valence-corrected chi connectivity index (χ4v) is 3.87. The summed E-state index contributed by atoms with van der Waals surface area (Å²) in [6.45, 7) is 3.31. The van der Waals surface area contributed by atoms with Gasteiger partial charge < -0.3 is 10.1 Å². The Balaban J connectivity index is 3.12. The number of hydrogen-bond acceptors (Lipinski definition) is 4. The van der Waals surface area contributed by atoms with Gasteiger partial charge in [-0.2, -0.15) is 0 Å². The van der Waals surface area contributed by atoms with E-state index in [-0.39, 0.29) is 4.90 Å². The normalized spacial score (nSPS) is 12.1. The third kappa shape index (κ3) is 4.66. The van der Waals surface area contributed by atoms with E-state index in [2.05, 4.69) is 5.32 Å². The maximum atomic E-state index is 12.7. The van der Waals surface area contributed by atoms with E-state index in [1.165, 1.54) is 10.4 Å². The number of rotatable bonds is 8. The van der Waals surface area contributed by atoms with Gasteiger partial charge in [0.1, 0.15) is 0 Å². The lowest BCUT2D eigenvalue weighted by atomic mass is 10.1. The van der Waals surface area contributed by atoms with Crippen LogP contribution in [0.2, 0.25) is 5.02 Å². The zero-order valence-electron chi connectivity index (χ0n) is 12.9. The maximum Gasteiger partial charge on any atom is 0.243 e. The van der Waals surface area contributed by atoms with Crippen molar-refractivity contribution in [2.75, 3.05) is 34.4 Å². The van der Waals surface area contributed by atoms with Crippen molar-refractivity contribution in [3.63, 3.8) is 0 Å². The van der Waals surface area contributed by atoms with Crippen molar-refractivity contribution >= 4 is 21.6 Å². The molecule has 1 aromatic rings. The molecule has 1 rings (SSSR count). The molecule has 1 aromatic carbocycles. The maximum absolute atomic E-state index is 12.7. The molecule has 0 amide bonds. The highest BCUT2D eigenvalue weighted by molar-refractivity contribution is 7.89. The zero-order chi connectivity index (χ0) is 16.0. The highest BCUT2D eigenvalue weighted by Gasteiger charge is 2.24. The van der Waals surface area contributed by atoms with Crippen LogP contribution in [0.15, 0.2) is 17.0 Å². The molecule has 0 bridgehead atoms. The summed E-state index contributed by atoms with van der Waals surface area (Å²) in [5, 5.41) is 3.44. The molecule has 0 saturated heterocycles. The van der Waals surface area contributed by atoms with E-state index >= 15 is 0 Å². The second-order valence-corrected chi connectivity index (χ2v) is 7.34. The number of sulfonamides is 1. The van der Waals surface area contributed by atoms with E-state index in [0.717, 1.165) is 11.1 Å². The van der Waals surface area contributed by atoms with Crippen molar-refractivity contribution in [1.29, 1.82) is 0 Å². The average molecular weight is 335 g/mol. The Kier molecular flexibility index (Phi) is 7.09. The molecule has 0 unspecified atom stereocenters. The van der Waals surface area contributed by atoms with Crippen molar-refractivity contribution < 1.29 is 13.2 Å². The van der Waals surface area contributed by atoms with Crippen molar-refractivity contribution in [1.82, 2.24) is 9.62 Å². The van der Waals surface area contributed by atoms with E-state index in [4.69, 9.17) is 16.3 Å². The summed E-state index contributed by atoms with van der Waals surface area (Å²) >= 11 is 6.06.